The highest BCUT2D eigenvalue weighted by atomic mass is 16.5. The number of amides is 4. The Morgan fingerprint density at radius 1 is 0.600 bits per heavy atom. The van der Waals surface area contributed by atoms with Crippen LogP contribution in [0.4, 0.5) is 0 Å². The largest absolute Gasteiger partial charge is 0.491 e. The molecule has 2 aromatic carbocycles. The fourth-order valence-corrected chi connectivity index (χ4v) is 5.35. The summed E-state index contributed by atoms with van der Waals surface area (Å²) < 4.78 is 11.3. The van der Waals surface area contributed by atoms with Crippen LogP contribution in [0, 0.1) is 0 Å². The summed E-state index contributed by atoms with van der Waals surface area (Å²) in [5, 5.41) is 0. The molecule has 0 spiro atoms. The molecule has 4 amide bonds. The fraction of sp³-hybridized carbons (Fsp3) is 0.500. The molecule has 2 aliphatic rings. The lowest BCUT2D eigenvalue weighted by Crippen LogP contribution is -2.32. The third kappa shape index (κ3) is 7.09. The maximum Gasteiger partial charge on any atom is 0.237 e. The van der Waals surface area contributed by atoms with Crippen LogP contribution in [0.1, 0.15) is 89.2 Å². The minimum Gasteiger partial charge on any atom is -0.491 e. The summed E-state index contributed by atoms with van der Waals surface area (Å²) in [5.41, 5.74) is 1.66. The molecular weight excluding hydrogens is 508 g/mol. The predicted octanol–water partition coefficient (Wildman–Crippen LogP) is 5.21. The topological polar surface area (TPSA) is 93.2 Å². The van der Waals surface area contributed by atoms with E-state index in [4.69, 9.17) is 9.47 Å². The Labute approximate surface area is 236 Å². The second kappa shape index (κ2) is 13.1. The molecule has 4 rings (SSSR count). The number of hydrogen-bond donors (Lipinski definition) is 0. The van der Waals surface area contributed by atoms with Gasteiger partial charge >= 0.3 is 0 Å². The highest BCUT2D eigenvalue weighted by molar-refractivity contribution is 6.06. The van der Waals surface area contributed by atoms with Crippen LogP contribution in [0.3, 0.4) is 0 Å². The van der Waals surface area contributed by atoms with Crippen molar-refractivity contribution >= 4 is 23.6 Å². The van der Waals surface area contributed by atoms with Gasteiger partial charge in [-0.15, -0.1) is 0 Å². The second-order valence-electron chi connectivity index (χ2n) is 11.2. The molecule has 2 atom stereocenters. The van der Waals surface area contributed by atoms with E-state index in [1.165, 1.54) is 9.80 Å². The van der Waals surface area contributed by atoms with Crippen LogP contribution in [0.2, 0.25) is 0 Å². The Morgan fingerprint density at radius 2 is 0.950 bits per heavy atom. The van der Waals surface area contributed by atoms with Gasteiger partial charge in [0.25, 0.3) is 0 Å². The third-order valence-electron chi connectivity index (χ3n) is 7.31. The molecule has 8 heteroatoms. The van der Waals surface area contributed by atoms with Gasteiger partial charge in [-0.1, -0.05) is 37.1 Å². The monoisotopic (exact) mass is 548 g/mol. The summed E-state index contributed by atoms with van der Waals surface area (Å²) in [7, 11) is 0. The maximum absolute atomic E-state index is 12.9. The van der Waals surface area contributed by atoms with Crippen LogP contribution in [0.5, 0.6) is 11.5 Å². The fourth-order valence-electron chi connectivity index (χ4n) is 5.35. The molecule has 2 saturated heterocycles. The van der Waals surface area contributed by atoms with Crippen molar-refractivity contribution in [2.75, 3.05) is 13.1 Å². The van der Waals surface area contributed by atoms with Gasteiger partial charge in [0.2, 0.25) is 23.6 Å². The molecule has 0 bridgehead atoms. The molecule has 2 aromatic rings. The number of imide groups is 2. The Kier molecular flexibility index (Phi) is 9.61. The van der Waals surface area contributed by atoms with E-state index in [-0.39, 0.29) is 48.7 Å². The Balaban J connectivity index is 1.18. The summed E-state index contributed by atoms with van der Waals surface area (Å²) in [5.74, 6) is 0.0222. The van der Waals surface area contributed by atoms with Gasteiger partial charge < -0.3 is 9.47 Å². The molecule has 0 unspecified atom stereocenters. The lowest BCUT2D eigenvalue weighted by atomic mass is 9.97. The number of carbonyl (C=O) groups is 4. The Hall–Kier alpha value is -3.68. The Bertz CT molecular complexity index is 1110. The zero-order chi connectivity index (χ0) is 28.8. The number of carbonyl (C=O) groups excluding carboxylic acids is 4. The van der Waals surface area contributed by atoms with Crippen molar-refractivity contribution in [3.05, 3.63) is 59.7 Å². The molecule has 8 nitrogen and oxygen atoms in total. The van der Waals surface area contributed by atoms with E-state index in [0.29, 0.717) is 25.9 Å². The van der Waals surface area contributed by atoms with Crippen LogP contribution in [-0.2, 0) is 19.2 Å². The molecular formula is C32H40N2O6. The van der Waals surface area contributed by atoms with Crippen molar-refractivity contribution in [1.29, 1.82) is 0 Å². The molecule has 2 aliphatic heterocycles. The first-order valence-corrected chi connectivity index (χ1v) is 14.4. The summed E-state index contributed by atoms with van der Waals surface area (Å²) in [6.45, 7) is 8.60. The number of unbranched alkanes of at least 4 members (excludes halogenated alkanes) is 3. The molecule has 2 heterocycles. The van der Waals surface area contributed by atoms with Crippen molar-refractivity contribution < 1.29 is 28.7 Å². The van der Waals surface area contributed by atoms with Gasteiger partial charge in [-0.05, 0) is 75.9 Å². The third-order valence-corrected chi connectivity index (χ3v) is 7.31. The zero-order valence-electron chi connectivity index (χ0n) is 23.9. The normalized spacial score (nSPS) is 19.4. The lowest BCUT2D eigenvalue weighted by molar-refractivity contribution is -0.140. The smallest absolute Gasteiger partial charge is 0.237 e. The summed E-state index contributed by atoms with van der Waals surface area (Å²) >= 11 is 0. The van der Waals surface area contributed by atoms with Gasteiger partial charge in [0, 0.05) is 25.9 Å². The first-order valence-electron chi connectivity index (χ1n) is 14.4. The van der Waals surface area contributed by atoms with Gasteiger partial charge in [0.1, 0.15) is 11.5 Å². The average Bonchev–Trinajstić information content (AvgIpc) is 3.35. The van der Waals surface area contributed by atoms with Crippen molar-refractivity contribution in [2.45, 2.75) is 90.3 Å². The van der Waals surface area contributed by atoms with Crippen molar-refractivity contribution in [3.63, 3.8) is 0 Å². The molecule has 0 N–H and O–H groups in total. The van der Waals surface area contributed by atoms with Crippen LogP contribution in [0.25, 0.3) is 0 Å². The highest BCUT2D eigenvalue weighted by Gasteiger charge is 2.40. The number of likely N-dealkylation sites (tertiary alicyclic amines) is 2. The van der Waals surface area contributed by atoms with Gasteiger partial charge in [-0.25, -0.2) is 0 Å². The molecule has 0 aliphatic carbocycles. The van der Waals surface area contributed by atoms with E-state index in [0.717, 1.165) is 35.5 Å². The summed E-state index contributed by atoms with van der Waals surface area (Å²) in [6, 6.07) is 14.8. The van der Waals surface area contributed by atoms with E-state index >= 15 is 0 Å². The molecule has 2 fully saturated rings. The van der Waals surface area contributed by atoms with Crippen LogP contribution in [0.15, 0.2) is 48.5 Å². The molecule has 40 heavy (non-hydrogen) atoms. The number of benzene rings is 2. The van der Waals surface area contributed by atoms with Crippen LogP contribution in [-0.4, -0.2) is 58.7 Å². The van der Waals surface area contributed by atoms with E-state index in [9.17, 15) is 19.2 Å². The first-order chi connectivity index (χ1) is 19.1. The van der Waals surface area contributed by atoms with Gasteiger partial charge in [-0.2, -0.15) is 0 Å². The predicted molar refractivity (Wildman–Crippen MR) is 151 cm³/mol. The quantitative estimate of drug-likeness (QED) is 0.252. The maximum atomic E-state index is 12.9. The minimum atomic E-state index is -0.445. The minimum absolute atomic E-state index is 0.0672. The average molecular weight is 549 g/mol. The lowest BCUT2D eigenvalue weighted by Gasteiger charge is -2.17. The number of nitrogens with zero attached hydrogens (tertiary/aromatic N) is 2. The SMILES string of the molecule is CC(C)Oc1ccc([C@@H]2CC(=O)N(CCCCCCN3C(=O)C[C@H](c4ccc(OC(C)C)cc4)C3=O)C2=O)cc1. The number of ether oxygens (including phenoxy) is 2. The highest BCUT2D eigenvalue weighted by Crippen LogP contribution is 2.32. The number of hydrogen-bond acceptors (Lipinski definition) is 6. The summed E-state index contributed by atoms with van der Waals surface area (Å²) in [4.78, 5) is 53.7. The van der Waals surface area contributed by atoms with E-state index < -0.39 is 11.8 Å². The van der Waals surface area contributed by atoms with Gasteiger partial charge in [0.15, 0.2) is 0 Å². The van der Waals surface area contributed by atoms with Crippen molar-refractivity contribution in [1.82, 2.24) is 9.80 Å². The van der Waals surface area contributed by atoms with Crippen molar-refractivity contribution in [2.24, 2.45) is 0 Å². The van der Waals surface area contributed by atoms with Gasteiger partial charge in [0.05, 0.1) is 24.0 Å². The Morgan fingerprint density at radius 3 is 1.27 bits per heavy atom. The zero-order valence-corrected chi connectivity index (χ0v) is 23.9. The summed E-state index contributed by atoms with van der Waals surface area (Å²) in [6.07, 6.45) is 3.52. The first kappa shape index (κ1) is 29.3. The molecule has 0 saturated carbocycles. The standard InChI is InChI=1S/C32H40N2O6/c1-21(2)39-25-13-9-23(10-14-25)27-19-29(35)33(31(27)37)17-7-5-6-8-18-34-30(36)20-28(32(34)38)24-11-15-26(16-12-24)40-22(3)4/h9-16,21-22,27-28H,5-8,17-20H2,1-4H3/t27-,28+. The van der Waals surface area contributed by atoms with E-state index in [1.807, 2.05) is 76.2 Å². The van der Waals surface area contributed by atoms with Crippen molar-refractivity contribution in [3.8, 4) is 11.5 Å². The van der Waals surface area contributed by atoms with E-state index in [1.54, 1.807) is 0 Å². The van der Waals surface area contributed by atoms with Crippen LogP contribution >= 0.6 is 0 Å². The van der Waals surface area contributed by atoms with Gasteiger partial charge in [-0.3, -0.25) is 29.0 Å². The number of rotatable bonds is 13. The van der Waals surface area contributed by atoms with Crippen LogP contribution < -0.4 is 9.47 Å². The molecule has 0 radical (unpaired) electrons. The second-order valence-corrected chi connectivity index (χ2v) is 11.2. The molecule has 214 valence electrons. The van der Waals surface area contributed by atoms with E-state index in [2.05, 4.69) is 0 Å². The molecule has 0 aromatic heterocycles.